The molecule has 140 valence electrons. The number of nitrogens with zero attached hydrogens (tertiary/aromatic N) is 2. The number of aryl methyl sites for hydroxylation is 2. The molecule has 0 radical (unpaired) electrons. The van der Waals surface area contributed by atoms with Crippen LogP contribution in [-0.2, 0) is 12.8 Å². The fourth-order valence-electron chi connectivity index (χ4n) is 3.62. The number of carbonyl (C=O) groups is 1. The SMILES string of the molecule is C[NH+](C)CCN(C(=O)c1ccc2c(c1)CCCC2)c1nc2ccccc2s1. The largest absolute Gasteiger partial charge is 0.338 e. The molecular formula is C22H26N3OS+. The van der Waals surface area contributed by atoms with E-state index < -0.39 is 0 Å². The summed E-state index contributed by atoms with van der Waals surface area (Å²) in [5.41, 5.74) is 4.48. The van der Waals surface area contributed by atoms with Gasteiger partial charge in [-0.1, -0.05) is 29.5 Å². The van der Waals surface area contributed by atoms with Crippen molar-refractivity contribution in [3.63, 3.8) is 0 Å². The number of nitrogens with one attached hydrogen (secondary N) is 1. The monoisotopic (exact) mass is 380 g/mol. The maximum absolute atomic E-state index is 13.4. The number of anilines is 1. The van der Waals surface area contributed by atoms with Crippen LogP contribution in [0.2, 0.25) is 0 Å². The lowest BCUT2D eigenvalue weighted by Gasteiger charge is -2.22. The van der Waals surface area contributed by atoms with Gasteiger partial charge in [0.1, 0.15) is 0 Å². The molecule has 1 aromatic heterocycles. The van der Waals surface area contributed by atoms with Crippen LogP contribution in [0.5, 0.6) is 0 Å². The van der Waals surface area contributed by atoms with E-state index in [1.165, 1.54) is 28.9 Å². The maximum Gasteiger partial charge on any atom is 0.260 e. The molecule has 3 aromatic rings. The van der Waals surface area contributed by atoms with Gasteiger partial charge in [-0.3, -0.25) is 9.69 Å². The summed E-state index contributed by atoms with van der Waals surface area (Å²) < 4.78 is 1.12. The Morgan fingerprint density at radius 3 is 2.67 bits per heavy atom. The van der Waals surface area contributed by atoms with Crippen LogP contribution in [0.25, 0.3) is 10.2 Å². The van der Waals surface area contributed by atoms with Crippen molar-refractivity contribution < 1.29 is 9.69 Å². The summed E-state index contributed by atoms with van der Waals surface area (Å²) in [7, 11) is 4.22. The highest BCUT2D eigenvalue weighted by Gasteiger charge is 2.23. The van der Waals surface area contributed by atoms with Crippen LogP contribution < -0.4 is 9.80 Å². The molecule has 1 aliphatic rings. The van der Waals surface area contributed by atoms with Gasteiger partial charge < -0.3 is 4.90 Å². The van der Waals surface area contributed by atoms with Gasteiger partial charge in [-0.25, -0.2) is 4.98 Å². The van der Waals surface area contributed by atoms with E-state index in [0.29, 0.717) is 6.54 Å². The van der Waals surface area contributed by atoms with Gasteiger partial charge in [0.15, 0.2) is 5.13 Å². The third-order valence-electron chi connectivity index (χ3n) is 5.19. The molecule has 1 aliphatic carbocycles. The summed E-state index contributed by atoms with van der Waals surface area (Å²) in [6, 6.07) is 14.3. The van der Waals surface area contributed by atoms with Crippen molar-refractivity contribution in [3.8, 4) is 0 Å². The average Bonchev–Trinajstić information content (AvgIpc) is 3.11. The predicted molar refractivity (Wildman–Crippen MR) is 112 cm³/mol. The number of fused-ring (bicyclic) bond motifs is 2. The molecule has 1 amide bonds. The van der Waals surface area contributed by atoms with Gasteiger partial charge >= 0.3 is 0 Å². The van der Waals surface area contributed by atoms with E-state index in [9.17, 15) is 4.79 Å². The van der Waals surface area contributed by atoms with Crippen LogP contribution >= 0.6 is 11.3 Å². The van der Waals surface area contributed by atoms with E-state index in [2.05, 4.69) is 32.3 Å². The highest BCUT2D eigenvalue weighted by atomic mass is 32.1. The highest BCUT2D eigenvalue weighted by molar-refractivity contribution is 7.22. The van der Waals surface area contributed by atoms with E-state index in [1.807, 2.05) is 29.2 Å². The molecule has 0 spiro atoms. The first kappa shape index (κ1) is 18.1. The van der Waals surface area contributed by atoms with Crippen molar-refractivity contribution in [1.29, 1.82) is 0 Å². The number of thiazole rings is 1. The van der Waals surface area contributed by atoms with Crippen LogP contribution in [0.4, 0.5) is 5.13 Å². The molecule has 4 rings (SSSR count). The number of carbonyl (C=O) groups excluding carboxylic acids is 1. The Bertz CT molecular complexity index is 930. The number of hydrogen-bond acceptors (Lipinski definition) is 3. The normalized spacial score (nSPS) is 13.7. The summed E-state index contributed by atoms with van der Waals surface area (Å²) in [5.74, 6) is 0.0590. The molecule has 0 saturated heterocycles. The van der Waals surface area contributed by atoms with Gasteiger partial charge in [0.05, 0.1) is 37.4 Å². The minimum atomic E-state index is 0.0590. The van der Waals surface area contributed by atoms with Crippen LogP contribution in [-0.4, -0.2) is 38.1 Å². The number of likely N-dealkylation sites (N-methyl/N-ethyl adjacent to an activating group) is 1. The zero-order valence-electron chi connectivity index (χ0n) is 16.0. The fourth-order valence-corrected chi connectivity index (χ4v) is 4.61. The van der Waals surface area contributed by atoms with Gasteiger partial charge in [0.2, 0.25) is 0 Å². The second-order valence-corrected chi connectivity index (χ2v) is 8.58. The van der Waals surface area contributed by atoms with Crippen molar-refractivity contribution in [2.45, 2.75) is 25.7 Å². The molecule has 0 fully saturated rings. The molecule has 0 bridgehead atoms. The van der Waals surface area contributed by atoms with Gasteiger partial charge in [0.25, 0.3) is 5.91 Å². The first-order valence-electron chi connectivity index (χ1n) is 9.70. The van der Waals surface area contributed by atoms with Gasteiger partial charge in [-0.15, -0.1) is 0 Å². The van der Waals surface area contributed by atoms with Gasteiger partial charge in [0, 0.05) is 5.56 Å². The van der Waals surface area contributed by atoms with E-state index in [0.717, 1.165) is 40.3 Å². The molecule has 0 saturated carbocycles. The van der Waals surface area contributed by atoms with Gasteiger partial charge in [-0.2, -0.15) is 0 Å². The Morgan fingerprint density at radius 1 is 1.11 bits per heavy atom. The zero-order chi connectivity index (χ0) is 18.8. The summed E-state index contributed by atoms with van der Waals surface area (Å²) >= 11 is 1.59. The van der Waals surface area contributed by atoms with Crippen LogP contribution in [0.1, 0.15) is 34.3 Å². The molecule has 0 atom stereocenters. The van der Waals surface area contributed by atoms with E-state index in [1.54, 1.807) is 11.3 Å². The lowest BCUT2D eigenvalue weighted by molar-refractivity contribution is -0.856. The summed E-state index contributed by atoms with van der Waals surface area (Å²) in [6.07, 6.45) is 4.69. The lowest BCUT2D eigenvalue weighted by atomic mass is 9.90. The Morgan fingerprint density at radius 2 is 1.89 bits per heavy atom. The maximum atomic E-state index is 13.4. The van der Waals surface area contributed by atoms with E-state index >= 15 is 0 Å². The molecule has 27 heavy (non-hydrogen) atoms. The average molecular weight is 381 g/mol. The van der Waals surface area contributed by atoms with E-state index in [-0.39, 0.29) is 5.91 Å². The third-order valence-corrected chi connectivity index (χ3v) is 6.25. The Hall–Kier alpha value is -2.24. The standard InChI is InChI=1S/C22H25N3OS/c1-24(2)13-14-25(22-23-19-9-5-6-10-20(19)27-22)21(26)18-12-11-16-7-3-4-8-17(16)15-18/h5-6,9-12,15H,3-4,7-8,13-14H2,1-2H3/p+1. The minimum Gasteiger partial charge on any atom is -0.338 e. The zero-order valence-corrected chi connectivity index (χ0v) is 16.8. The Labute approximate surface area is 164 Å². The molecule has 5 heteroatoms. The quantitative estimate of drug-likeness (QED) is 0.739. The molecule has 1 heterocycles. The first-order valence-corrected chi connectivity index (χ1v) is 10.5. The Kier molecular flexibility index (Phi) is 5.23. The number of aromatic nitrogens is 1. The highest BCUT2D eigenvalue weighted by Crippen LogP contribution is 2.30. The predicted octanol–water partition coefficient (Wildman–Crippen LogP) is 2.97. The van der Waals surface area contributed by atoms with Crippen molar-refractivity contribution in [1.82, 2.24) is 4.98 Å². The molecular weight excluding hydrogens is 354 g/mol. The topological polar surface area (TPSA) is 37.6 Å². The number of hydrogen-bond donors (Lipinski definition) is 1. The van der Waals surface area contributed by atoms with Gasteiger partial charge in [-0.05, 0) is 61.1 Å². The Balaban J connectivity index is 1.68. The summed E-state index contributed by atoms with van der Waals surface area (Å²) in [5, 5.41) is 0.792. The third kappa shape index (κ3) is 3.89. The minimum absolute atomic E-state index is 0.0590. The summed E-state index contributed by atoms with van der Waals surface area (Å²) in [6.45, 7) is 1.55. The molecule has 2 aromatic carbocycles. The van der Waals surface area contributed by atoms with E-state index in [4.69, 9.17) is 4.98 Å². The van der Waals surface area contributed by atoms with Crippen molar-refractivity contribution in [3.05, 3.63) is 59.2 Å². The summed E-state index contributed by atoms with van der Waals surface area (Å²) in [4.78, 5) is 21.3. The van der Waals surface area contributed by atoms with Crippen molar-refractivity contribution in [2.24, 2.45) is 0 Å². The second kappa shape index (κ2) is 7.79. The second-order valence-electron chi connectivity index (χ2n) is 7.57. The number of rotatable bonds is 5. The fraction of sp³-hybridized carbons (Fsp3) is 0.364. The number of amides is 1. The van der Waals surface area contributed by atoms with Crippen molar-refractivity contribution >= 4 is 32.6 Å². The number of benzene rings is 2. The van der Waals surface area contributed by atoms with Crippen LogP contribution in [0.15, 0.2) is 42.5 Å². The number of para-hydroxylation sites is 1. The lowest BCUT2D eigenvalue weighted by Crippen LogP contribution is -3.06. The van der Waals surface area contributed by atoms with Crippen molar-refractivity contribution in [2.75, 3.05) is 32.1 Å². The number of quaternary nitrogens is 1. The first-order chi connectivity index (χ1) is 13.1. The molecule has 0 unspecified atom stereocenters. The van der Waals surface area contributed by atoms with Crippen LogP contribution in [0.3, 0.4) is 0 Å². The molecule has 4 nitrogen and oxygen atoms in total. The molecule has 0 aliphatic heterocycles. The smallest absolute Gasteiger partial charge is 0.260 e. The van der Waals surface area contributed by atoms with Crippen LogP contribution in [0, 0.1) is 0 Å². The molecule has 1 N–H and O–H groups in total.